The summed E-state index contributed by atoms with van der Waals surface area (Å²) in [6.07, 6.45) is 0.265. The molecule has 1 aliphatic heterocycles. The zero-order valence-corrected chi connectivity index (χ0v) is 18.2. The van der Waals surface area contributed by atoms with Gasteiger partial charge in [-0.3, -0.25) is 4.79 Å². The lowest BCUT2D eigenvalue weighted by Gasteiger charge is -2.27. The Kier molecular flexibility index (Phi) is 6.43. The van der Waals surface area contributed by atoms with Crippen LogP contribution in [0.1, 0.15) is 36.8 Å². The van der Waals surface area contributed by atoms with Crippen molar-refractivity contribution < 1.29 is 32.7 Å². The molecule has 0 saturated carbocycles. The van der Waals surface area contributed by atoms with Gasteiger partial charge in [-0.25, -0.2) is 14.6 Å². The summed E-state index contributed by atoms with van der Waals surface area (Å²) in [5.41, 5.74) is 1.59. The van der Waals surface area contributed by atoms with E-state index < -0.39 is 24.0 Å². The van der Waals surface area contributed by atoms with Crippen LogP contribution in [0, 0.1) is 6.92 Å². The number of benzene rings is 1. The lowest BCUT2D eigenvalue weighted by atomic mass is 10.0. The van der Waals surface area contributed by atoms with Crippen LogP contribution in [0.3, 0.4) is 0 Å². The van der Waals surface area contributed by atoms with Crippen LogP contribution >= 0.6 is 0 Å². The third-order valence-electron chi connectivity index (χ3n) is 4.95. The number of aryl methyl sites for hydroxylation is 2. The molecule has 1 aromatic carbocycles. The number of hydrogen-bond acceptors (Lipinski definition) is 8. The summed E-state index contributed by atoms with van der Waals surface area (Å²) in [4.78, 5) is 41.6. The van der Waals surface area contributed by atoms with Gasteiger partial charge in [0.25, 0.3) is 0 Å². The summed E-state index contributed by atoms with van der Waals surface area (Å²) in [5.74, 6) is 0.217. The number of urea groups is 1. The number of para-hydroxylation sites is 2. The number of nitrogens with zero attached hydrogens (tertiary/aromatic N) is 1. The van der Waals surface area contributed by atoms with Crippen molar-refractivity contribution in [3.63, 3.8) is 0 Å². The van der Waals surface area contributed by atoms with Crippen molar-refractivity contribution in [1.29, 1.82) is 0 Å². The fraction of sp³-hybridized carbons (Fsp3) is 0.304. The SMILES string of the molecule is CCOC(=O)C1=C(COC(=O)CCc2nc3ccccc3o2)NC(=O)NC1c1ccc(C)o1. The Morgan fingerprint density at radius 3 is 2.67 bits per heavy atom. The van der Waals surface area contributed by atoms with E-state index in [4.69, 9.17) is 18.3 Å². The van der Waals surface area contributed by atoms with Crippen LogP contribution in [0.4, 0.5) is 4.79 Å². The number of ether oxygens (including phenoxy) is 2. The first-order valence-corrected chi connectivity index (χ1v) is 10.5. The molecule has 1 unspecified atom stereocenters. The molecule has 0 spiro atoms. The summed E-state index contributed by atoms with van der Waals surface area (Å²) in [6.45, 7) is 3.24. The maximum atomic E-state index is 12.7. The third kappa shape index (κ3) is 5.05. The molecule has 2 aromatic heterocycles. The Bertz CT molecular complexity index is 1190. The van der Waals surface area contributed by atoms with Gasteiger partial charge in [0.15, 0.2) is 11.5 Å². The predicted molar refractivity (Wildman–Crippen MR) is 115 cm³/mol. The molecule has 2 N–H and O–H groups in total. The average molecular weight is 453 g/mol. The van der Waals surface area contributed by atoms with Crippen molar-refractivity contribution in [2.45, 2.75) is 32.7 Å². The first-order valence-electron chi connectivity index (χ1n) is 10.5. The fourth-order valence-electron chi connectivity index (χ4n) is 3.46. The van der Waals surface area contributed by atoms with Crippen molar-refractivity contribution in [3.05, 3.63) is 65.1 Å². The van der Waals surface area contributed by atoms with Crippen LogP contribution in [0.5, 0.6) is 0 Å². The van der Waals surface area contributed by atoms with Gasteiger partial charge in [0, 0.05) is 6.42 Å². The highest BCUT2D eigenvalue weighted by Gasteiger charge is 2.36. The minimum Gasteiger partial charge on any atom is -0.464 e. The molecule has 0 aliphatic carbocycles. The van der Waals surface area contributed by atoms with Gasteiger partial charge in [0.2, 0.25) is 0 Å². The Hall–Kier alpha value is -4.08. The highest BCUT2D eigenvalue weighted by atomic mass is 16.5. The molecule has 10 heteroatoms. The molecule has 1 atom stereocenters. The number of hydrogen-bond donors (Lipinski definition) is 2. The summed E-state index contributed by atoms with van der Waals surface area (Å²) in [7, 11) is 0. The number of esters is 2. The average Bonchev–Trinajstić information content (AvgIpc) is 3.41. The number of furan rings is 1. The molecule has 0 bridgehead atoms. The predicted octanol–water partition coefficient (Wildman–Crippen LogP) is 3.08. The molecule has 172 valence electrons. The number of aromatic nitrogens is 1. The van der Waals surface area contributed by atoms with E-state index in [1.807, 2.05) is 18.2 Å². The van der Waals surface area contributed by atoms with Crippen LogP contribution in [0.15, 0.2) is 56.5 Å². The van der Waals surface area contributed by atoms with E-state index in [1.54, 1.807) is 32.0 Å². The zero-order chi connectivity index (χ0) is 23.4. The highest BCUT2D eigenvalue weighted by Crippen LogP contribution is 2.29. The second-order valence-electron chi connectivity index (χ2n) is 7.33. The molecule has 1 aliphatic rings. The van der Waals surface area contributed by atoms with Gasteiger partial charge in [-0.2, -0.15) is 0 Å². The standard InChI is InChI=1S/C23H23N3O7/c1-3-30-22(28)20-15(25-23(29)26-21(20)17-9-8-13(2)32-17)12-31-19(27)11-10-18-24-14-6-4-5-7-16(14)33-18/h4-9,21H,3,10-12H2,1-2H3,(H2,25,26,29). The number of oxazole rings is 1. The summed E-state index contributed by atoms with van der Waals surface area (Å²) in [5, 5.41) is 5.19. The number of rotatable bonds is 8. The minimum absolute atomic E-state index is 0.0157. The highest BCUT2D eigenvalue weighted by molar-refractivity contribution is 5.95. The van der Waals surface area contributed by atoms with E-state index in [9.17, 15) is 14.4 Å². The van der Waals surface area contributed by atoms with E-state index in [0.717, 1.165) is 0 Å². The van der Waals surface area contributed by atoms with Crippen LogP contribution in [-0.4, -0.2) is 36.2 Å². The van der Waals surface area contributed by atoms with Crippen molar-refractivity contribution in [1.82, 2.24) is 15.6 Å². The van der Waals surface area contributed by atoms with Crippen molar-refractivity contribution in [2.24, 2.45) is 0 Å². The van der Waals surface area contributed by atoms with Gasteiger partial charge in [0.1, 0.15) is 29.7 Å². The van der Waals surface area contributed by atoms with Crippen LogP contribution in [0.2, 0.25) is 0 Å². The monoisotopic (exact) mass is 453 g/mol. The lowest BCUT2D eigenvalue weighted by molar-refractivity contribution is -0.143. The topological polar surface area (TPSA) is 133 Å². The Morgan fingerprint density at radius 1 is 1.12 bits per heavy atom. The normalized spacial score (nSPS) is 15.8. The smallest absolute Gasteiger partial charge is 0.338 e. The summed E-state index contributed by atoms with van der Waals surface area (Å²) in [6, 6.07) is 9.25. The molecule has 3 aromatic rings. The van der Waals surface area contributed by atoms with Crippen molar-refractivity contribution in [3.8, 4) is 0 Å². The minimum atomic E-state index is -0.875. The van der Waals surface area contributed by atoms with Gasteiger partial charge in [-0.05, 0) is 38.1 Å². The molecule has 33 heavy (non-hydrogen) atoms. The second kappa shape index (κ2) is 9.60. The van der Waals surface area contributed by atoms with Crippen molar-refractivity contribution >= 4 is 29.1 Å². The molecular formula is C23H23N3O7. The number of carbonyl (C=O) groups is 3. The third-order valence-corrected chi connectivity index (χ3v) is 4.95. The van der Waals surface area contributed by atoms with E-state index >= 15 is 0 Å². The van der Waals surface area contributed by atoms with Gasteiger partial charge in [0.05, 0.1) is 24.3 Å². The van der Waals surface area contributed by atoms with E-state index in [-0.39, 0.29) is 37.3 Å². The molecule has 4 rings (SSSR count). The molecule has 10 nitrogen and oxygen atoms in total. The fourth-order valence-corrected chi connectivity index (χ4v) is 3.46. The second-order valence-corrected chi connectivity index (χ2v) is 7.33. The molecular weight excluding hydrogens is 430 g/mol. The maximum Gasteiger partial charge on any atom is 0.338 e. The van der Waals surface area contributed by atoms with Crippen LogP contribution in [0.25, 0.3) is 11.1 Å². The molecule has 2 amide bonds. The lowest BCUT2D eigenvalue weighted by Crippen LogP contribution is -2.47. The Labute approximate surface area is 188 Å². The van der Waals surface area contributed by atoms with E-state index in [2.05, 4.69) is 15.6 Å². The summed E-state index contributed by atoms with van der Waals surface area (Å²) < 4.78 is 21.7. The molecule has 0 fully saturated rings. The zero-order valence-electron chi connectivity index (χ0n) is 18.2. The first kappa shape index (κ1) is 22.1. The first-order chi connectivity index (χ1) is 15.9. The van der Waals surface area contributed by atoms with Gasteiger partial charge < -0.3 is 28.9 Å². The van der Waals surface area contributed by atoms with Crippen molar-refractivity contribution in [2.75, 3.05) is 13.2 Å². The van der Waals surface area contributed by atoms with Gasteiger partial charge in [-0.15, -0.1) is 0 Å². The number of amides is 2. The molecule has 0 saturated heterocycles. The quantitative estimate of drug-likeness (QED) is 0.497. The largest absolute Gasteiger partial charge is 0.464 e. The maximum absolute atomic E-state index is 12.7. The van der Waals surface area contributed by atoms with Crippen LogP contribution in [-0.2, 0) is 25.5 Å². The van der Waals surface area contributed by atoms with Gasteiger partial charge >= 0.3 is 18.0 Å². The number of nitrogens with one attached hydrogen (secondary N) is 2. The molecule has 3 heterocycles. The molecule has 0 radical (unpaired) electrons. The number of carbonyl (C=O) groups excluding carboxylic acids is 3. The Morgan fingerprint density at radius 2 is 1.94 bits per heavy atom. The number of fused-ring (bicyclic) bond motifs is 1. The van der Waals surface area contributed by atoms with E-state index in [0.29, 0.717) is 28.5 Å². The summed E-state index contributed by atoms with van der Waals surface area (Å²) >= 11 is 0. The van der Waals surface area contributed by atoms with Crippen LogP contribution < -0.4 is 10.6 Å². The van der Waals surface area contributed by atoms with E-state index in [1.165, 1.54) is 0 Å². The van der Waals surface area contributed by atoms with Gasteiger partial charge in [-0.1, -0.05) is 12.1 Å². The Balaban J connectivity index is 1.47.